The van der Waals surface area contributed by atoms with E-state index in [2.05, 4.69) is 22.9 Å². The van der Waals surface area contributed by atoms with Gasteiger partial charge in [-0.1, -0.05) is 26.7 Å². The number of hydrogen-bond donors (Lipinski definition) is 3. The maximum absolute atomic E-state index is 11.6. The van der Waals surface area contributed by atoms with E-state index in [1.54, 1.807) is 6.92 Å². The summed E-state index contributed by atoms with van der Waals surface area (Å²) in [7, 11) is 0. The lowest BCUT2D eigenvalue weighted by atomic mass is 10.2. The van der Waals surface area contributed by atoms with Gasteiger partial charge in [-0.2, -0.15) is 0 Å². The molecule has 0 spiro atoms. The van der Waals surface area contributed by atoms with E-state index < -0.39 is 0 Å². The summed E-state index contributed by atoms with van der Waals surface area (Å²) in [5, 5.41) is 8.51. The van der Waals surface area contributed by atoms with E-state index >= 15 is 0 Å². The van der Waals surface area contributed by atoms with Crippen molar-refractivity contribution in [2.24, 2.45) is 0 Å². The van der Waals surface area contributed by atoms with Gasteiger partial charge in [0.15, 0.2) is 0 Å². The molecule has 1 unspecified atom stereocenters. The van der Waals surface area contributed by atoms with Crippen LogP contribution in [0.25, 0.3) is 0 Å². The van der Waals surface area contributed by atoms with E-state index in [9.17, 15) is 9.59 Å². The lowest BCUT2D eigenvalue weighted by Crippen LogP contribution is -2.46. The standard InChI is InChI=1S/C13H27N3O2/c1-4-6-7-9-15-13(18)11(3)16-10-12(17)14-8-5-2/h11,16H,4-10H2,1-3H3,(H,14,17)(H,15,18). The van der Waals surface area contributed by atoms with Gasteiger partial charge in [0, 0.05) is 13.1 Å². The van der Waals surface area contributed by atoms with Crippen LogP contribution >= 0.6 is 0 Å². The van der Waals surface area contributed by atoms with Crippen LogP contribution in [0.5, 0.6) is 0 Å². The molecule has 0 heterocycles. The summed E-state index contributed by atoms with van der Waals surface area (Å²) in [5.74, 6) is -0.114. The maximum atomic E-state index is 11.6. The molecule has 1 atom stereocenters. The fourth-order valence-corrected chi connectivity index (χ4v) is 1.41. The van der Waals surface area contributed by atoms with E-state index in [1.165, 1.54) is 0 Å². The van der Waals surface area contributed by atoms with Gasteiger partial charge < -0.3 is 10.6 Å². The molecular weight excluding hydrogens is 230 g/mol. The zero-order valence-corrected chi connectivity index (χ0v) is 11.8. The minimum atomic E-state index is -0.334. The summed E-state index contributed by atoms with van der Waals surface area (Å²) in [6, 6.07) is -0.334. The van der Waals surface area contributed by atoms with E-state index in [4.69, 9.17) is 0 Å². The molecule has 18 heavy (non-hydrogen) atoms. The number of amides is 2. The van der Waals surface area contributed by atoms with Crippen molar-refractivity contribution in [2.45, 2.75) is 52.5 Å². The summed E-state index contributed by atoms with van der Waals surface area (Å²) in [6.07, 6.45) is 4.19. The van der Waals surface area contributed by atoms with Crippen molar-refractivity contribution >= 4 is 11.8 Å². The molecule has 0 aliphatic heterocycles. The third kappa shape index (κ3) is 8.98. The van der Waals surface area contributed by atoms with E-state index in [0.717, 1.165) is 25.7 Å². The first-order chi connectivity index (χ1) is 8.61. The highest BCUT2D eigenvalue weighted by atomic mass is 16.2. The van der Waals surface area contributed by atoms with Gasteiger partial charge in [-0.25, -0.2) is 0 Å². The Balaban J connectivity index is 3.63. The first kappa shape index (κ1) is 16.9. The molecule has 5 heteroatoms. The monoisotopic (exact) mass is 257 g/mol. The van der Waals surface area contributed by atoms with Gasteiger partial charge in [0.05, 0.1) is 12.6 Å². The zero-order chi connectivity index (χ0) is 13.8. The molecule has 0 saturated carbocycles. The van der Waals surface area contributed by atoms with Crippen molar-refractivity contribution in [3.63, 3.8) is 0 Å². The van der Waals surface area contributed by atoms with Gasteiger partial charge in [-0.3, -0.25) is 14.9 Å². The molecular formula is C13H27N3O2. The van der Waals surface area contributed by atoms with Crippen LogP contribution in [0.2, 0.25) is 0 Å². The van der Waals surface area contributed by atoms with Crippen LogP contribution in [-0.4, -0.2) is 37.5 Å². The average molecular weight is 257 g/mol. The first-order valence-corrected chi connectivity index (χ1v) is 6.89. The number of carbonyl (C=O) groups excluding carboxylic acids is 2. The second-order valence-electron chi connectivity index (χ2n) is 4.45. The molecule has 0 rings (SSSR count). The van der Waals surface area contributed by atoms with Gasteiger partial charge in [0.25, 0.3) is 0 Å². The fraction of sp³-hybridized carbons (Fsp3) is 0.846. The van der Waals surface area contributed by atoms with E-state index in [1.807, 2.05) is 6.92 Å². The first-order valence-electron chi connectivity index (χ1n) is 6.89. The van der Waals surface area contributed by atoms with Crippen LogP contribution in [0, 0.1) is 0 Å². The number of rotatable bonds is 10. The second-order valence-corrected chi connectivity index (χ2v) is 4.45. The van der Waals surface area contributed by atoms with Gasteiger partial charge in [-0.15, -0.1) is 0 Å². The largest absolute Gasteiger partial charge is 0.355 e. The quantitative estimate of drug-likeness (QED) is 0.507. The molecule has 0 aliphatic rings. The average Bonchev–Trinajstić information content (AvgIpc) is 2.38. The molecule has 2 amide bonds. The van der Waals surface area contributed by atoms with Gasteiger partial charge >= 0.3 is 0 Å². The highest BCUT2D eigenvalue weighted by molar-refractivity contribution is 5.83. The third-order valence-corrected chi connectivity index (χ3v) is 2.61. The van der Waals surface area contributed by atoms with Crippen LogP contribution in [0.1, 0.15) is 46.5 Å². The molecule has 3 N–H and O–H groups in total. The predicted octanol–water partition coefficient (Wildman–Crippen LogP) is 0.797. The van der Waals surface area contributed by atoms with Crippen LogP contribution in [0.3, 0.4) is 0 Å². The Morgan fingerprint density at radius 2 is 1.72 bits per heavy atom. The Kier molecular flexibility index (Phi) is 10.3. The molecule has 5 nitrogen and oxygen atoms in total. The Morgan fingerprint density at radius 1 is 1.00 bits per heavy atom. The Labute approximate surface area is 110 Å². The van der Waals surface area contributed by atoms with Crippen molar-refractivity contribution < 1.29 is 9.59 Å². The highest BCUT2D eigenvalue weighted by Crippen LogP contribution is 1.91. The molecule has 0 aromatic carbocycles. The molecule has 0 fully saturated rings. The van der Waals surface area contributed by atoms with Crippen molar-refractivity contribution in [1.29, 1.82) is 0 Å². The zero-order valence-electron chi connectivity index (χ0n) is 11.8. The minimum Gasteiger partial charge on any atom is -0.355 e. The van der Waals surface area contributed by atoms with Gasteiger partial charge in [0.1, 0.15) is 0 Å². The molecule has 106 valence electrons. The third-order valence-electron chi connectivity index (χ3n) is 2.61. The predicted molar refractivity (Wildman–Crippen MR) is 73.3 cm³/mol. The van der Waals surface area contributed by atoms with Crippen molar-refractivity contribution in [1.82, 2.24) is 16.0 Å². The SMILES string of the molecule is CCCCCNC(=O)C(C)NCC(=O)NCCC. The fourth-order valence-electron chi connectivity index (χ4n) is 1.41. The highest BCUT2D eigenvalue weighted by Gasteiger charge is 2.12. The van der Waals surface area contributed by atoms with Crippen molar-refractivity contribution in [3.05, 3.63) is 0 Å². The van der Waals surface area contributed by atoms with Gasteiger partial charge in [-0.05, 0) is 19.8 Å². The number of hydrogen-bond acceptors (Lipinski definition) is 3. The number of nitrogens with one attached hydrogen (secondary N) is 3. The molecule has 0 bridgehead atoms. The van der Waals surface area contributed by atoms with Crippen molar-refractivity contribution in [3.8, 4) is 0 Å². The molecule has 0 aliphatic carbocycles. The minimum absolute atomic E-state index is 0.0469. The molecule has 0 saturated heterocycles. The van der Waals surface area contributed by atoms with Crippen LogP contribution < -0.4 is 16.0 Å². The number of unbranched alkanes of at least 4 members (excludes halogenated alkanes) is 2. The van der Waals surface area contributed by atoms with Crippen LogP contribution in [-0.2, 0) is 9.59 Å². The molecule has 0 radical (unpaired) electrons. The smallest absolute Gasteiger partial charge is 0.236 e. The van der Waals surface area contributed by atoms with Crippen molar-refractivity contribution in [2.75, 3.05) is 19.6 Å². The Hall–Kier alpha value is -1.10. The summed E-state index contributed by atoms with van der Waals surface area (Å²) >= 11 is 0. The van der Waals surface area contributed by atoms with E-state index in [0.29, 0.717) is 13.1 Å². The lowest BCUT2D eigenvalue weighted by molar-refractivity contribution is -0.123. The van der Waals surface area contributed by atoms with Crippen LogP contribution in [0.4, 0.5) is 0 Å². The summed E-state index contributed by atoms with van der Waals surface area (Å²) in [4.78, 5) is 23.0. The Bertz CT molecular complexity index is 244. The molecule has 0 aromatic heterocycles. The summed E-state index contributed by atoms with van der Waals surface area (Å²) < 4.78 is 0. The van der Waals surface area contributed by atoms with Gasteiger partial charge in [0.2, 0.25) is 11.8 Å². The summed E-state index contributed by atoms with van der Waals surface area (Å²) in [5.41, 5.74) is 0. The normalized spacial score (nSPS) is 11.9. The van der Waals surface area contributed by atoms with Crippen LogP contribution in [0.15, 0.2) is 0 Å². The second kappa shape index (κ2) is 11.0. The van der Waals surface area contributed by atoms with E-state index in [-0.39, 0.29) is 24.4 Å². The summed E-state index contributed by atoms with van der Waals surface area (Å²) in [6.45, 7) is 7.46. The molecule has 0 aromatic rings. The topological polar surface area (TPSA) is 70.2 Å². The maximum Gasteiger partial charge on any atom is 0.236 e. The lowest BCUT2D eigenvalue weighted by Gasteiger charge is -2.13. The Morgan fingerprint density at radius 3 is 2.33 bits per heavy atom. The number of carbonyl (C=O) groups is 2.